The lowest BCUT2D eigenvalue weighted by Crippen LogP contribution is -2.61. The Kier molecular flexibility index (Phi) is 17.2. The van der Waals surface area contributed by atoms with Crippen LogP contribution in [0, 0.1) is 23.7 Å². The van der Waals surface area contributed by atoms with Gasteiger partial charge in [0.05, 0.1) is 53.4 Å². The van der Waals surface area contributed by atoms with Gasteiger partial charge < -0.3 is 62.8 Å². The summed E-state index contributed by atoms with van der Waals surface area (Å²) in [5, 5.41) is 47.2. The van der Waals surface area contributed by atoms with Gasteiger partial charge >= 0.3 is 5.97 Å². The first-order valence-corrected chi connectivity index (χ1v) is 24.7. The highest BCUT2D eigenvalue weighted by Crippen LogP contribution is 2.48. The third-order valence-electron chi connectivity index (χ3n) is 13.5. The van der Waals surface area contributed by atoms with Crippen molar-refractivity contribution in [2.24, 2.45) is 28.8 Å². The summed E-state index contributed by atoms with van der Waals surface area (Å²) in [7, 11) is 5.41. The van der Waals surface area contributed by atoms with Gasteiger partial charge in [0.25, 0.3) is 0 Å². The average molecular weight is 951 g/mol. The molecule has 1 aromatic rings. The van der Waals surface area contributed by atoms with Crippen LogP contribution in [0.2, 0.25) is 0 Å². The minimum atomic E-state index is -1.96. The number of benzene rings is 1. The van der Waals surface area contributed by atoms with E-state index in [0.29, 0.717) is 12.1 Å². The number of ether oxygens (including phenoxy) is 6. The lowest BCUT2D eigenvalue weighted by Gasteiger charge is -2.49. The number of carbonyl (C=O) groups is 1. The molecule has 0 saturated carbocycles. The van der Waals surface area contributed by atoms with Crippen LogP contribution in [0.3, 0.4) is 0 Å². The number of hydrogen-bond acceptors (Lipinski definition) is 18. The zero-order valence-corrected chi connectivity index (χ0v) is 41.6. The Labute approximate surface area is 390 Å². The van der Waals surface area contributed by atoms with Crippen molar-refractivity contribution in [1.82, 2.24) is 4.90 Å². The van der Waals surface area contributed by atoms with Gasteiger partial charge in [-0.1, -0.05) is 68.5 Å². The highest BCUT2D eigenvalue weighted by atomic mass is 32.2. The number of carbonyl (C=O) groups excluding carboxylic acids is 1. The van der Waals surface area contributed by atoms with Gasteiger partial charge in [0.15, 0.2) is 12.6 Å². The van der Waals surface area contributed by atoms with E-state index < -0.39 is 107 Å². The molecule has 15 nitrogen and oxygen atoms in total. The van der Waals surface area contributed by atoms with Gasteiger partial charge in [-0.25, -0.2) is 0 Å². The van der Waals surface area contributed by atoms with E-state index in [9.17, 15) is 20.1 Å². The Balaban J connectivity index is 1.64. The zero-order chi connectivity index (χ0) is 48.2. The van der Waals surface area contributed by atoms with Crippen molar-refractivity contribution in [3.8, 4) is 0 Å². The van der Waals surface area contributed by atoms with Gasteiger partial charge in [-0.15, -0.1) is 0 Å². The molecule has 4 N–H and O–H groups in total. The summed E-state index contributed by atoms with van der Waals surface area (Å²) in [6, 6.07) is 7.76. The number of methoxy groups -OCH3 is 1. The number of cyclic esters (lactones) is 1. The highest BCUT2D eigenvalue weighted by molar-refractivity contribution is 8.19. The second-order valence-corrected chi connectivity index (χ2v) is 21.8. The second-order valence-electron chi connectivity index (χ2n) is 18.8. The van der Waals surface area contributed by atoms with Crippen molar-refractivity contribution in [2.45, 2.75) is 194 Å². The van der Waals surface area contributed by atoms with E-state index >= 15 is 0 Å². The molecule has 0 spiro atoms. The Morgan fingerprint density at radius 2 is 1.65 bits per heavy atom. The minimum Gasteiger partial charge on any atom is -0.459 e. The number of esters is 1. The summed E-state index contributed by atoms with van der Waals surface area (Å²) in [6.45, 7) is 17.5. The van der Waals surface area contributed by atoms with Gasteiger partial charge in [0.2, 0.25) is 6.20 Å². The number of hydrogen-bond donors (Lipinski definition) is 4. The fourth-order valence-corrected chi connectivity index (χ4v) is 12.5. The molecule has 3 saturated heterocycles. The van der Waals surface area contributed by atoms with E-state index in [4.69, 9.17) is 50.5 Å². The Bertz CT molecular complexity index is 1710. The largest absolute Gasteiger partial charge is 0.459 e. The van der Waals surface area contributed by atoms with Crippen LogP contribution in [0.5, 0.6) is 0 Å². The van der Waals surface area contributed by atoms with E-state index in [1.54, 1.807) is 41.5 Å². The molecule has 63 heavy (non-hydrogen) atoms. The maximum absolute atomic E-state index is 14.6. The molecular weight excluding hydrogens is 873 g/mol. The molecule has 0 aromatic heterocycles. The van der Waals surface area contributed by atoms with Crippen LogP contribution >= 0.6 is 35.6 Å². The van der Waals surface area contributed by atoms with E-state index in [2.05, 4.69) is 0 Å². The molecule has 18 atom stereocenters. The van der Waals surface area contributed by atoms with E-state index in [1.807, 2.05) is 64.0 Å². The molecule has 5 rings (SSSR count). The summed E-state index contributed by atoms with van der Waals surface area (Å²) >= 11 is 3.99. The van der Waals surface area contributed by atoms with Crippen LogP contribution in [-0.2, 0) is 42.2 Å². The van der Waals surface area contributed by atoms with Crippen molar-refractivity contribution >= 4 is 47.2 Å². The van der Waals surface area contributed by atoms with Gasteiger partial charge in [0.1, 0.15) is 23.9 Å². The number of aliphatic hydroxyl groups is 4. The van der Waals surface area contributed by atoms with Crippen molar-refractivity contribution < 1.29 is 64.0 Å². The number of thioether (sulfide) groups is 2. The molecule has 18 heteroatoms. The number of oxime groups is 1. The monoisotopic (exact) mass is 950 g/mol. The first-order chi connectivity index (χ1) is 30.5. The number of fused-ring (bicyclic) bond motifs is 1. The first kappa shape index (κ1) is 49.7. The summed E-state index contributed by atoms with van der Waals surface area (Å²) in [5.74, 6) is -4.06. The lowest BCUT2D eigenvalue weighted by atomic mass is 9.73. The molecule has 8 unspecified atom stereocenters. The highest BCUT2D eigenvalue weighted by Gasteiger charge is 2.54. The first-order valence-electron chi connectivity index (χ1n) is 23.2. The number of likely N-dealkylation sites (N-methyl/N-ethyl adjacent to an activating group) is 1. The Morgan fingerprint density at radius 3 is 2.24 bits per heavy atom. The van der Waals surface area contributed by atoms with Crippen molar-refractivity contribution in [1.29, 1.82) is 1.43 Å². The van der Waals surface area contributed by atoms with E-state index in [0.717, 1.165) is 21.8 Å². The predicted octanol–water partition coefficient (Wildman–Crippen LogP) is 6.07. The SMILES string of the molecule is [3H]CSOC1C(O[C@@H]2[C@@H](C)[C@H](OC3CC(C)(OC)C(O[3H])C(C)O3)[C@@H](C)C(=O)O[C@H](CC)[C@@](C)(O)[C@H](O)[C@@H](C)/C(=N/OC3Sc4ccccc4S3)[C@H](C)C[C@@]2(C)O)OC(C)CC1N(C)C. The van der Waals surface area contributed by atoms with Gasteiger partial charge in [-0.05, 0) is 99.1 Å². The second kappa shape index (κ2) is 21.8. The van der Waals surface area contributed by atoms with E-state index in [1.165, 1.54) is 37.6 Å². The maximum atomic E-state index is 14.6. The molecule has 0 amide bonds. The number of aliphatic hydroxyl groups excluding tert-OH is 2. The zero-order valence-electron chi connectivity index (χ0n) is 41.1. The number of rotatable bonds is 12. The van der Waals surface area contributed by atoms with Crippen LogP contribution < -0.4 is 0 Å². The lowest BCUT2D eigenvalue weighted by molar-refractivity contribution is -0.315. The normalized spacial score (nSPS) is 44.7. The fraction of sp³-hybridized carbons (Fsp3) is 0.822. The van der Waals surface area contributed by atoms with Gasteiger partial charge in [-0.2, -0.15) is 0 Å². The van der Waals surface area contributed by atoms with Crippen molar-refractivity contribution in [3.63, 3.8) is 0 Å². The standard InChI is InChI=1S/C45H74N2O13S3/c1-15-32-45(10,52)37(48)25(4)34(46-59-42-62-30-18-16-17-19-31(30)63-42)23(2)21-43(8,51)39(58-41-36(60-61-14)29(47(11)12)20-24(3)54-41)26(5)35(27(6)40(50)56-32)57-33-22-44(9,53-13)38(49)28(7)55-33/h16-19,23-29,32-33,35-39,41-42,48-49,51-52H,15,20-22H2,1-14H3/b46-34+/t23-,24?,25+,26+,27-,28?,29?,32-,33?,35+,36?,37-,38?,39-,41?,43-,44?,45-/m1/s1/i14T,49T. The summed E-state index contributed by atoms with van der Waals surface area (Å²) in [5.41, 5.74) is -4.36. The molecule has 0 radical (unpaired) electrons. The van der Waals surface area contributed by atoms with Crippen LogP contribution in [0.25, 0.3) is 0 Å². The van der Waals surface area contributed by atoms with Crippen LogP contribution in [0.1, 0.15) is 96.3 Å². The molecule has 360 valence electrons. The maximum Gasteiger partial charge on any atom is 0.311 e. The van der Waals surface area contributed by atoms with Gasteiger partial charge in [0, 0.05) is 54.7 Å². The molecule has 1 aromatic carbocycles. The smallest absolute Gasteiger partial charge is 0.311 e. The summed E-state index contributed by atoms with van der Waals surface area (Å²) < 4.78 is 60.4. The number of nitrogens with zero attached hydrogens (tertiary/aromatic N) is 2. The predicted molar refractivity (Wildman–Crippen MR) is 244 cm³/mol. The molecule has 4 aliphatic rings. The molecular formula is C45H74N2O13S3. The third kappa shape index (κ3) is 11.9. The molecule has 0 bridgehead atoms. The van der Waals surface area contributed by atoms with Crippen LogP contribution in [-0.4, -0.2) is 155 Å². The van der Waals surface area contributed by atoms with E-state index in [-0.39, 0.29) is 37.6 Å². The minimum absolute atomic E-state index is 0.00490. The topological polar surface area (TPSA) is 187 Å². The average Bonchev–Trinajstić information content (AvgIpc) is 3.67. The summed E-state index contributed by atoms with van der Waals surface area (Å²) in [4.78, 5) is 25.0. The summed E-state index contributed by atoms with van der Waals surface area (Å²) in [6.07, 6.45) is -8.50. The van der Waals surface area contributed by atoms with Gasteiger partial charge in [-0.3, -0.25) is 4.79 Å². The van der Waals surface area contributed by atoms with Crippen LogP contribution in [0.4, 0.5) is 0 Å². The molecule has 0 aliphatic carbocycles. The van der Waals surface area contributed by atoms with Crippen molar-refractivity contribution in [3.05, 3.63) is 24.3 Å². The third-order valence-corrected chi connectivity index (χ3v) is 16.4. The fourth-order valence-electron chi connectivity index (χ4n) is 9.77. The quantitative estimate of drug-likeness (QED) is 0.107. The Morgan fingerprint density at radius 1 is 0.984 bits per heavy atom. The Hall–Kier alpha value is -1.23. The van der Waals surface area contributed by atoms with Crippen LogP contribution in [0.15, 0.2) is 39.2 Å². The molecule has 4 aliphatic heterocycles. The molecule has 3 fully saturated rings. The molecule has 4 heterocycles. The van der Waals surface area contributed by atoms with Crippen molar-refractivity contribution in [2.75, 3.05) is 27.4 Å².